The Kier molecular flexibility index (Phi) is 1.76. The largest absolute Gasteiger partial charge is 0.274 e. The number of hydrogen-bond donors (Lipinski definition) is 0. The van der Waals surface area contributed by atoms with E-state index in [-0.39, 0.29) is 23.7 Å². The van der Waals surface area contributed by atoms with Crippen molar-refractivity contribution in [3.05, 3.63) is 29.3 Å². The number of anilines is 1. The van der Waals surface area contributed by atoms with Crippen LogP contribution in [0.15, 0.2) is 18.2 Å². The number of benzene rings is 1. The molecule has 1 aromatic carbocycles. The maximum atomic E-state index is 11.9. The van der Waals surface area contributed by atoms with E-state index in [1.807, 2.05) is 32.0 Å². The number of hydrogen-bond acceptors (Lipinski definition) is 2. The molecule has 2 aliphatic rings. The van der Waals surface area contributed by atoms with Gasteiger partial charge in [-0.15, -0.1) is 0 Å². The van der Waals surface area contributed by atoms with E-state index in [0.717, 1.165) is 23.2 Å². The molecule has 2 fully saturated rings. The Balaban J connectivity index is 2.04. The minimum absolute atomic E-state index is 0.0139. The van der Waals surface area contributed by atoms with E-state index in [2.05, 4.69) is 0 Å². The van der Waals surface area contributed by atoms with Gasteiger partial charge in [0.1, 0.15) is 0 Å². The summed E-state index contributed by atoms with van der Waals surface area (Å²) in [4.78, 5) is 25.1. The molecule has 0 unspecified atom stereocenters. The Morgan fingerprint density at radius 2 is 1.50 bits per heavy atom. The molecule has 3 nitrogen and oxygen atoms in total. The fraction of sp³-hybridized carbons (Fsp3) is 0.385. The number of aryl methyl sites for hydroxylation is 2. The second kappa shape index (κ2) is 2.94. The smallest absolute Gasteiger partial charge is 0.237 e. The highest BCUT2D eigenvalue weighted by Gasteiger charge is 2.59. The van der Waals surface area contributed by atoms with Crippen molar-refractivity contribution in [1.82, 2.24) is 0 Å². The maximum absolute atomic E-state index is 11.9. The summed E-state index contributed by atoms with van der Waals surface area (Å²) in [6.07, 6.45) is 0.763. The van der Waals surface area contributed by atoms with Gasteiger partial charge in [-0.25, -0.2) is 0 Å². The zero-order valence-electron chi connectivity index (χ0n) is 9.36. The molecule has 2 atom stereocenters. The second-order valence-electron chi connectivity index (χ2n) is 4.81. The summed E-state index contributed by atoms with van der Waals surface area (Å²) in [5, 5.41) is 0. The average molecular weight is 215 g/mol. The van der Waals surface area contributed by atoms with Crippen LogP contribution in [0.25, 0.3) is 0 Å². The molecule has 16 heavy (non-hydrogen) atoms. The molecule has 1 saturated heterocycles. The van der Waals surface area contributed by atoms with E-state index in [0.29, 0.717) is 0 Å². The summed E-state index contributed by atoms with van der Waals surface area (Å²) in [5.74, 6) is -0.0679. The van der Waals surface area contributed by atoms with Gasteiger partial charge in [-0.2, -0.15) is 0 Å². The van der Waals surface area contributed by atoms with E-state index in [1.54, 1.807) is 0 Å². The predicted molar refractivity (Wildman–Crippen MR) is 60.0 cm³/mol. The first kappa shape index (κ1) is 9.58. The minimum atomic E-state index is -0.0201. The van der Waals surface area contributed by atoms with Crippen molar-refractivity contribution in [1.29, 1.82) is 0 Å². The molecule has 1 aliphatic carbocycles. The Morgan fingerprint density at radius 1 is 1.00 bits per heavy atom. The number of nitrogens with zero attached hydrogens (tertiary/aromatic N) is 1. The summed E-state index contributed by atoms with van der Waals surface area (Å²) < 4.78 is 0. The Bertz CT molecular complexity index is 466. The van der Waals surface area contributed by atoms with Crippen LogP contribution in [-0.2, 0) is 9.59 Å². The topological polar surface area (TPSA) is 37.4 Å². The normalized spacial score (nSPS) is 27.2. The number of carbonyl (C=O) groups excluding carboxylic acids is 2. The summed E-state index contributed by atoms with van der Waals surface area (Å²) in [5.41, 5.74) is 2.90. The van der Waals surface area contributed by atoms with Crippen molar-refractivity contribution in [3.63, 3.8) is 0 Å². The van der Waals surface area contributed by atoms with Crippen LogP contribution in [0.1, 0.15) is 17.5 Å². The van der Waals surface area contributed by atoms with Gasteiger partial charge in [0.2, 0.25) is 11.8 Å². The van der Waals surface area contributed by atoms with Crippen LogP contribution in [0.5, 0.6) is 0 Å². The van der Waals surface area contributed by atoms with Gasteiger partial charge in [0, 0.05) is 0 Å². The number of rotatable bonds is 1. The Morgan fingerprint density at radius 3 is 2.00 bits per heavy atom. The van der Waals surface area contributed by atoms with E-state index in [9.17, 15) is 9.59 Å². The van der Waals surface area contributed by atoms with Gasteiger partial charge in [-0.3, -0.25) is 14.5 Å². The van der Waals surface area contributed by atoms with Crippen molar-refractivity contribution < 1.29 is 9.59 Å². The van der Waals surface area contributed by atoms with E-state index in [4.69, 9.17) is 0 Å². The lowest BCUT2D eigenvalue weighted by Gasteiger charge is -2.17. The summed E-state index contributed by atoms with van der Waals surface area (Å²) >= 11 is 0. The molecule has 82 valence electrons. The van der Waals surface area contributed by atoms with Crippen LogP contribution in [0, 0.1) is 25.7 Å². The van der Waals surface area contributed by atoms with Gasteiger partial charge in [-0.05, 0) is 43.5 Å². The van der Waals surface area contributed by atoms with Crippen molar-refractivity contribution in [2.24, 2.45) is 11.8 Å². The van der Waals surface area contributed by atoms with Crippen LogP contribution in [0.2, 0.25) is 0 Å². The molecule has 0 bridgehead atoms. The van der Waals surface area contributed by atoms with Gasteiger partial charge in [0.15, 0.2) is 0 Å². The fourth-order valence-electron chi connectivity index (χ4n) is 2.52. The van der Waals surface area contributed by atoms with Gasteiger partial charge < -0.3 is 0 Å². The van der Waals surface area contributed by atoms with Crippen molar-refractivity contribution >= 4 is 17.5 Å². The third-order valence-corrected chi connectivity index (χ3v) is 3.33. The predicted octanol–water partition coefficient (Wildman–Crippen LogP) is 1.81. The lowest BCUT2D eigenvalue weighted by molar-refractivity contribution is -0.123. The van der Waals surface area contributed by atoms with Crippen molar-refractivity contribution in [2.45, 2.75) is 20.3 Å². The molecule has 3 heteroatoms. The maximum Gasteiger partial charge on any atom is 0.237 e. The van der Waals surface area contributed by atoms with Gasteiger partial charge in [-0.1, -0.05) is 6.07 Å². The number of amides is 2. The van der Waals surface area contributed by atoms with Crippen LogP contribution in [0.3, 0.4) is 0 Å². The summed E-state index contributed by atoms with van der Waals surface area (Å²) in [6.45, 7) is 3.95. The van der Waals surface area contributed by atoms with Crippen LogP contribution < -0.4 is 4.90 Å². The van der Waals surface area contributed by atoms with E-state index >= 15 is 0 Å². The molecule has 0 N–H and O–H groups in total. The molecule has 1 heterocycles. The van der Waals surface area contributed by atoms with Crippen LogP contribution >= 0.6 is 0 Å². The number of carbonyl (C=O) groups is 2. The Labute approximate surface area is 94.1 Å². The number of piperidine rings is 1. The quantitative estimate of drug-likeness (QED) is 0.670. The molecule has 1 saturated carbocycles. The Hall–Kier alpha value is -1.64. The lowest BCUT2D eigenvalue weighted by Crippen LogP contribution is -2.32. The van der Waals surface area contributed by atoms with Crippen LogP contribution in [0.4, 0.5) is 5.69 Å². The fourth-order valence-corrected chi connectivity index (χ4v) is 2.52. The van der Waals surface area contributed by atoms with E-state index < -0.39 is 0 Å². The first-order chi connectivity index (χ1) is 7.58. The SMILES string of the molecule is Cc1cc(C)cc(N2C(=O)[C@H]3C[C@H]3C2=O)c1. The first-order valence-electron chi connectivity index (χ1n) is 5.54. The highest BCUT2D eigenvalue weighted by Crippen LogP contribution is 2.48. The van der Waals surface area contributed by atoms with Gasteiger partial charge in [0.05, 0.1) is 17.5 Å². The molecule has 0 radical (unpaired) electrons. The molecule has 3 rings (SSSR count). The third kappa shape index (κ3) is 1.21. The molecular formula is C13H13NO2. The monoisotopic (exact) mass is 215 g/mol. The first-order valence-corrected chi connectivity index (χ1v) is 5.54. The highest BCUT2D eigenvalue weighted by atomic mass is 16.2. The second-order valence-corrected chi connectivity index (χ2v) is 4.81. The zero-order valence-corrected chi connectivity index (χ0v) is 9.36. The molecular weight excluding hydrogens is 202 g/mol. The highest BCUT2D eigenvalue weighted by molar-refractivity contribution is 6.24. The molecule has 1 aromatic rings. The lowest BCUT2D eigenvalue weighted by atomic mass is 10.1. The van der Waals surface area contributed by atoms with Gasteiger partial charge in [0.25, 0.3) is 0 Å². The third-order valence-electron chi connectivity index (χ3n) is 3.33. The standard InChI is InChI=1S/C13H13NO2/c1-7-3-8(2)5-9(4-7)14-12(15)10-6-11(10)13(14)16/h3-5,10-11H,6H2,1-2H3/t10-,11+. The van der Waals surface area contributed by atoms with Crippen LogP contribution in [-0.4, -0.2) is 11.8 Å². The molecule has 0 spiro atoms. The summed E-state index contributed by atoms with van der Waals surface area (Å²) in [6, 6.07) is 5.83. The zero-order chi connectivity index (χ0) is 11.4. The molecule has 2 amide bonds. The summed E-state index contributed by atoms with van der Waals surface area (Å²) in [7, 11) is 0. The number of fused-ring (bicyclic) bond motifs is 1. The van der Waals surface area contributed by atoms with Crippen molar-refractivity contribution in [2.75, 3.05) is 4.90 Å². The molecule has 0 aromatic heterocycles. The van der Waals surface area contributed by atoms with Gasteiger partial charge >= 0.3 is 0 Å². The average Bonchev–Trinajstić information content (AvgIpc) is 2.90. The van der Waals surface area contributed by atoms with Crippen molar-refractivity contribution in [3.8, 4) is 0 Å². The van der Waals surface area contributed by atoms with E-state index in [1.165, 1.54) is 4.90 Å². The molecule has 1 aliphatic heterocycles. The number of imide groups is 1. The minimum Gasteiger partial charge on any atom is -0.274 e.